The Bertz CT molecular complexity index is 1290. The van der Waals surface area contributed by atoms with Crippen molar-refractivity contribution in [1.82, 2.24) is 15.6 Å². The lowest BCUT2D eigenvalue weighted by Crippen LogP contribution is -2.45. The number of ether oxygens (including phenoxy) is 1. The lowest BCUT2D eigenvalue weighted by atomic mass is 9.94. The first kappa shape index (κ1) is 28.1. The minimum Gasteiger partial charge on any atom is -0.463 e. The maximum Gasteiger partial charge on any atom is 0.309 e. The van der Waals surface area contributed by atoms with Crippen molar-refractivity contribution in [2.45, 2.75) is 51.1 Å². The second-order valence-corrected chi connectivity index (χ2v) is 10.3. The third-order valence-electron chi connectivity index (χ3n) is 7.06. The summed E-state index contributed by atoms with van der Waals surface area (Å²) in [5, 5.41) is 16.1. The standard InChI is InChI=1S/C31H37N3O5/c1-21(19-35)33-29(36)17-23-11-5-6-12-24(15-22-9-3-2-4-10-22)31(38)39-20-26(34-30(23)37)16-25-18-32-28-14-8-7-13-27(25)28/h2-10,13-14,18,21,23-24,26,32,35H,11-12,15-17,19-20H2,1H3,(H,33,36)(H,34,37)/t21-,23+,24+,26-/m0/s1. The highest BCUT2D eigenvalue weighted by Gasteiger charge is 2.27. The second-order valence-electron chi connectivity index (χ2n) is 10.3. The van der Waals surface area contributed by atoms with E-state index in [9.17, 15) is 19.5 Å². The number of esters is 1. The number of nitrogens with one attached hydrogen (secondary N) is 3. The van der Waals surface area contributed by atoms with E-state index in [1.54, 1.807) is 6.92 Å². The number of benzene rings is 2. The Morgan fingerprint density at radius 1 is 1.03 bits per heavy atom. The van der Waals surface area contributed by atoms with Crippen LogP contribution in [0.3, 0.4) is 0 Å². The van der Waals surface area contributed by atoms with Crippen molar-refractivity contribution in [2.75, 3.05) is 13.2 Å². The maximum absolute atomic E-state index is 13.4. The number of carbonyl (C=O) groups excluding carboxylic acids is 3. The van der Waals surface area contributed by atoms with Crippen LogP contribution in [0.5, 0.6) is 0 Å². The topological polar surface area (TPSA) is 121 Å². The summed E-state index contributed by atoms with van der Waals surface area (Å²) < 4.78 is 5.80. The van der Waals surface area contributed by atoms with Crippen molar-refractivity contribution < 1.29 is 24.2 Å². The molecule has 8 nitrogen and oxygen atoms in total. The van der Waals surface area contributed by atoms with Crippen LogP contribution in [0.15, 0.2) is 72.9 Å². The lowest BCUT2D eigenvalue weighted by Gasteiger charge is -2.24. The summed E-state index contributed by atoms with van der Waals surface area (Å²) in [5.41, 5.74) is 3.05. The number of para-hydroxylation sites is 1. The third kappa shape index (κ3) is 8.04. The van der Waals surface area contributed by atoms with E-state index >= 15 is 0 Å². The SMILES string of the molecule is C[C@@H](CO)NC(=O)C[C@H]1CC=CC[C@H](Cc2ccccc2)C(=O)OC[C@H](Cc2c[nH]c3ccccc23)NC1=O. The van der Waals surface area contributed by atoms with Gasteiger partial charge in [-0.25, -0.2) is 0 Å². The number of fused-ring (bicyclic) bond motifs is 1. The molecule has 0 unspecified atom stereocenters. The third-order valence-corrected chi connectivity index (χ3v) is 7.06. The molecule has 1 aliphatic heterocycles. The highest BCUT2D eigenvalue weighted by molar-refractivity contribution is 5.87. The number of rotatable bonds is 8. The Kier molecular flexibility index (Phi) is 9.91. The van der Waals surface area contributed by atoms with Crippen LogP contribution >= 0.6 is 0 Å². The summed E-state index contributed by atoms with van der Waals surface area (Å²) in [4.78, 5) is 42.4. The van der Waals surface area contributed by atoms with Gasteiger partial charge >= 0.3 is 5.97 Å². The molecule has 39 heavy (non-hydrogen) atoms. The maximum atomic E-state index is 13.4. The van der Waals surface area contributed by atoms with Crippen LogP contribution in [-0.4, -0.2) is 53.2 Å². The lowest BCUT2D eigenvalue weighted by molar-refractivity contribution is -0.150. The number of cyclic esters (lactones) is 1. The van der Waals surface area contributed by atoms with Crippen molar-refractivity contribution in [3.8, 4) is 0 Å². The fourth-order valence-electron chi connectivity index (χ4n) is 4.91. The molecule has 0 saturated carbocycles. The highest BCUT2D eigenvalue weighted by atomic mass is 16.5. The van der Waals surface area contributed by atoms with E-state index in [1.165, 1.54) is 0 Å². The number of aromatic nitrogens is 1. The molecule has 0 saturated heterocycles. The highest BCUT2D eigenvalue weighted by Crippen LogP contribution is 2.22. The van der Waals surface area contributed by atoms with Gasteiger partial charge in [-0.15, -0.1) is 0 Å². The summed E-state index contributed by atoms with van der Waals surface area (Å²) >= 11 is 0. The minimum absolute atomic E-state index is 0.00640. The average Bonchev–Trinajstić information content (AvgIpc) is 3.35. The number of hydrogen-bond donors (Lipinski definition) is 4. The molecule has 1 aromatic heterocycles. The van der Waals surface area contributed by atoms with Gasteiger partial charge in [0.05, 0.1) is 24.5 Å². The van der Waals surface area contributed by atoms with E-state index < -0.39 is 18.0 Å². The van der Waals surface area contributed by atoms with E-state index in [1.807, 2.05) is 72.9 Å². The van der Waals surface area contributed by atoms with Crippen LogP contribution in [0, 0.1) is 11.8 Å². The Labute approximate surface area is 228 Å². The van der Waals surface area contributed by atoms with Crippen molar-refractivity contribution in [2.24, 2.45) is 11.8 Å². The van der Waals surface area contributed by atoms with Crippen LogP contribution < -0.4 is 10.6 Å². The fourth-order valence-corrected chi connectivity index (χ4v) is 4.91. The van der Waals surface area contributed by atoms with Gasteiger partial charge in [-0.3, -0.25) is 14.4 Å². The smallest absolute Gasteiger partial charge is 0.309 e. The molecule has 0 bridgehead atoms. The number of aromatic amines is 1. The van der Waals surface area contributed by atoms with Gasteiger partial charge in [0.25, 0.3) is 0 Å². The summed E-state index contributed by atoms with van der Waals surface area (Å²) in [5.74, 6) is -1.82. The molecule has 206 valence electrons. The van der Waals surface area contributed by atoms with Gasteiger partial charge in [0.2, 0.25) is 11.8 Å². The number of amides is 2. The molecule has 1 aliphatic rings. The van der Waals surface area contributed by atoms with Gasteiger partial charge < -0.3 is 25.5 Å². The monoisotopic (exact) mass is 531 g/mol. The molecule has 4 N–H and O–H groups in total. The molecule has 4 atom stereocenters. The molecular weight excluding hydrogens is 494 g/mol. The van der Waals surface area contributed by atoms with E-state index in [0.29, 0.717) is 25.7 Å². The zero-order chi connectivity index (χ0) is 27.6. The molecule has 0 fully saturated rings. The average molecular weight is 532 g/mol. The molecule has 4 rings (SSSR count). The van der Waals surface area contributed by atoms with Crippen LogP contribution in [0.2, 0.25) is 0 Å². The van der Waals surface area contributed by atoms with E-state index in [-0.39, 0.29) is 43.3 Å². The summed E-state index contributed by atoms with van der Waals surface area (Å²) in [6.07, 6.45) is 7.52. The number of aliphatic hydroxyl groups is 1. The molecule has 2 heterocycles. The minimum atomic E-state index is -0.597. The van der Waals surface area contributed by atoms with Gasteiger partial charge in [-0.2, -0.15) is 0 Å². The van der Waals surface area contributed by atoms with E-state index in [0.717, 1.165) is 22.0 Å². The van der Waals surface area contributed by atoms with Crippen LogP contribution in [0.4, 0.5) is 0 Å². The molecule has 3 aromatic rings. The van der Waals surface area contributed by atoms with E-state index in [4.69, 9.17) is 4.74 Å². The fraction of sp³-hybridized carbons (Fsp3) is 0.387. The first-order valence-corrected chi connectivity index (χ1v) is 13.5. The van der Waals surface area contributed by atoms with Gasteiger partial charge in [-0.05, 0) is 49.8 Å². The predicted octanol–water partition coefficient (Wildman–Crippen LogP) is 3.45. The number of hydrogen-bond acceptors (Lipinski definition) is 5. The molecule has 8 heteroatoms. The number of allylic oxidation sites excluding steroid dienone is 2. The quantitative estimate of drug-likeness (QED) is 0.262. The zero-order valence-corrected chi connectivity index (χ0v) is 22.3. The summed E-state index contributed by atoms with van der Waals surface area (Å²) in [6.45, 7) is 1.56. The second kappa shape index (κ2) is 13.8. The number of H-pyrrole nitrogens is 1. The molecule has 2 aromatic carbocycles. The van der Waals surface area contributed by atoms with Gasteiger partial charge in [-0.1, -0.05) is 60.7 Å². The zero-order valence-electron chi connectivity index (χ0n) is 22.3. The predicted molar refractivity (Wildman–Crippen MR) is 150 cm³/mol. The molecule has 0 radical (unpaired) electrons. The Balaban J connectivity index is 1.56. The van der Waals surface area contributed by atoms with Crippen molar-refractivity contribution in [3.05, 3.63) is 84.1 Å². The summed E-state index contributed by atoms with van der Waals surface area (Å²) in [7, 11) is 0. The Hall–Kier alpha value is -3.91. The van der Waals surface area contributed by atoms with E-state index in [2.05, 4.69) is 15.6 Å². The van der Waals surface area contributed by atoms with Gasteiger partial charge in [0, 0.05) is 29.6 Å². The Morgan fingerprint density at radius 3 is 2.51 bits per heavy atom. The van der Waals surface area contributed by atoms with Crippen molar-refractivity contribution in [3.63, 3.8) is 0 Å². The van der Waals surface area contributed by atoms with Crippen LogP contribution in [-0.2, 0) is 32.0 Å². The number of aliphatic hydroxyl groups excluding tert-OH is 1. The molecule has 0 aliphatic carbocycles. The molecule has 0 spiro atoms. The first-order chi connectivity index (χ1) is 18.9. The van der Waals surface area contributed by atoms with Gasteiger partial charge in [0.1, 0.15) is 6.61 Å². The van der Waals surface area contributed by atoms with Crippen LogP contribution in [0.1, 0.15) is 37.3 Å². The molecule has 2 amide bonds. The van der Waals surface area contributed by atoms with Crippen molar-refractivity contribution >= 4 is 28.7 Å². The normalized spacial score (nSPS) is 21.3. The number of carbonyl (C=O) groups is 3. The van der Waals surface area contributed by atoms with Crippen molar-refractivity contribution in [1.29, 1.82) is 0 Å². The Morgan fingerprint density at radius 2 is 1.74 bits per heavy atom. The summed E-state index contributed by atoms with van der Waals surface area (Å²) in [6, 6.07) is 16.9. The molecular formula is C31H37N3O5. The largest absolute Gasteiger partial charge is 0.463 e. The first-order valence-electron chi connectivity index (χ1n) is 13.5. The van der Waals surface area contributed by atoms with Gasteiger partial charge in [0.15, 0.2) is 0 Å². The van der Waals surface area contributed by atoms with Crippen LogP contribution in [0.25, 0.3) is 10.9 Å².